The first kappa shape index (κ1) is 16.5. The molecule has 0 aliphatic carbocycles. The Balaban J connectivity index is 2.80. The van der Waals surface area contributed by atoms with E-state index in [1.165, 1.54) is 0 Å². The fraction of sp³-hybridized carbons (Fsp3) is 0.562. The van der Waals surface area contributed by atoms with E-state index >= 15 is 0 Å². The van der Waals surface area contributed by atoms with Crippen LogP contribution in [0.5, 0.6) is 5.75 Å². The summed E-state index contributed by atoms with van der Waals surface area (Å²) < 4.78 is 5.79. The normalized spacial score (nSPS) is 13.7. The molecule has 1 unspecified atom stereocenters. The summed E-state index contributed by atoms with van der Waals surface area (Å²) in [4.78, 5) is 14.0. The number of amides is 1. The van der Waals surface area contributed by atoms with Crippen LogP contribution in [0.4, 0.5) is 0 Å². The zero-order chi connectivity index (χ0) is 15.3. The monoisotopic (exact) mass is 278 g/mol. The standard InChI is InChI=1S/C16H26N2O2/c1-6-18(7-2)16(19)13(5)20-15-9-8-14(12(4)17)10-11(15)3/h8-10,12-13H,6-7,17H2,1-5H3/t12-,13?/m0/s1. The van der Waals surface area contributed by atoms with Gasteiger partial charge in [-0.15, -0.1) is 0 Å². The van der Waals surface area contributed by atoms with Crippen molar-refractivity contribution in [1.29, 1.82) is 0 Å². The SMILES string of the molecule is CCN(CC)C(=O)C(C)Oc1ccc([C@H](C)N)cc1C. The van der Waals surface area contributed by atoms with Crippen molar-refractivity contribution < 1.29 is 9.53 Å². The highest BCUT2D eigenvalue weighted by molar-refractivity contribution is 5.80. The minimum atomic E-state index is -0.477. The molecule has 1 aromatic rings. The first-order valence-electron chi connectivity index (χ1n) is 7.22. The van der Waals surface area contributed by atoms with Crippen LogP contribution in [-0.4, -0.2) is 30.0 Å². The molecule has 0 aromatic heterocycles. The van der Waals surface area contributed by atoms with Crippen LogP contribution in [0.3, 0.4) is 0 Å². The van der Waals surface area contributed by atoms with Gasteiger partial charge in [0.25, 0.3) is 5.91 Å². The van der Waals surface area contributed by atoms with Gasteiger partial charge >= 0.3 is 0 Å². The van der Waals surface area contributed by atoms with E-state index in [0.29, 0.717) is 13.1 Å². The molecule has 112 valence electrons. The molecule has 0 fully saturated rings. The average Bonchev–Trinajstić information content (AvgIpc) is 2.41. The summed E-state index contributed by atoms with van der Waals surface area (Å²) in [6.07, 6.45) is -0.477. The molecule has 2 N–H and O–H groups in total. The number of carbonyl (C=O) groups is 1. The summed E-state index contributed by atoms with van der Waals surface area (Å²) in [6, 6.07) is 5.84. The van der Waals surface area contributed by atoms with Crippen molar-refractivity contribution in [2.24, 2.45) is 5.73 Å². The van der Waals surface area contributed by atoms with Gasteiger partial charge in [0.2, 0.25) is 0 Å². The molecule has 20 heavy (non-hydrogen) atoms. The van der Waals surface area contributed by atoms with Crippen molar-refractivity contribution >= 4 is 5.91 Å². The quantitative estimate of drug-likeness (QED) is 0.870. The zero-order valence-electron chi connectivity index (χ0n) is 13.1. The number of hydrogen-bond donors (Lipinski definition) is 1. The molecule has 0 saturated heterocycles. The Bertz CT molecular complexity index is 454. The minimum absolute atomic E-state index is 0.00233. The lowest BCUT2D eigenvalue weighted by molar-refractivity contribution is -0.137. The van der Waals surface area contributed by atoms with Crippen molar-refractivity contribution in [1.82, 2.24) is 4.90 Å². The summed E-state index contributed by atoms with van der Waals surface area (Å²) in [6.45, 7) is 11.0. The number of nitrogens with two attached hydrogens (primary N) is 1. The zero-order valence-corrected chi connectivity index (χ0v) is 13.1. The van der Waals surface area contributed by atoms with Crippen molar-refractivity contribution in [3.8, 4) is 5.75 Å². The number of aryl methyl sites for hydroxylation is 1. The van der Waals surface area contributed by atoms with Crippen LogP contribution < -0.4 is 10.5 Å². The van der Waals surface area contributed by atoms with Crippen LogP contribution in [0, 0.1) is 6.92 Å². The largest absolute Gasteiger partial charge is 0.481 e. The smallest absolute Gasteiger partial charge is 0.263 e. The Kier molecular flexibility index (Phi) is 6.02. The van der Waals surface area contributed by atoms with E-state index in [-0.39, 0.29) is 11.9 Å². The molecular weight excluding hydrogens is 252 g/mol. The Morgan fingerprint density at radius 3 is 2.35 bits per heavy atom. The Hall–Kier alpha value is -1.55. The number of rotatable bonds is 6. The lowest BCUT2D eigenvalue weighted by Gasteiger charge is -2.24. The van der Waals surface area contributed by atoms with Gasteiger partial charge < -0.3 is 15.4 Å². The van der Waals surface area contributed by atoms with E-state index < -0.39 is 6.10 Å². The fourth-order valence-corrected chi connectivity index (χ4v) is 2.12. The second-order valence-corrected chi connectivity index (χ2v) is 5.08. The maximum Gasteiger partial charge on any atom is 0.263 e. The van der Waals surface area contributed by atoms with E-state index in [2.05, 4.69) is 0 Å². The third-order valence-corrected chi connectivity index (χ3v) is 3.45. The van der Waals surface area contributed by atoms with Gasteiger partial charge in [-0.2, -0.15) is 0 Å². The van der Waals surface area contributed by atoms with Gasteiger partial charge in [-0.05, 0) is 51.8 Å². The van der Waals surface area contributed by atoms with Crippen molar-refractivity contribution in [2.45, 2.75) is 46.8 Å². The lowest BCUT2D eigenvalue weighted by atomic mass is 10.1. The highest BCUT2D eigenvalue weighted by Gasteiger charge is 2.20. The Labute approximate surface area is 121 Å². The van der Waals surface area contributed by atoms with Crippen molar-refractivity contribution in [3.63, 3.8) is 0 Å². The van der Waals surface area contributed by atoms with E-state index in [0.717, 1.165) is 16.9 Å². The highest BCUT2D eigenvalue weighted by atomic mass is 16.5. The number of likely N-dealkylation sites (N-methyl/N-ethyl adjacent to an activating group) is 1. The van der Waals surface area contributed by atoms with E-state index in [1.54, 1.807) is 11.8 Å². The van der Waals surface area contributed by atoms with E-state index in [4.69, 9.17) is 10.5 Å². The van der Waals surface area contributed by atoms with Gasteiger partial charge in [-0.1, -0.05) is 12.1 Å². The summed E-state index contributed by atoms with van der Waals surface area (Å²) in [5, 5.41) is 0. The van der Waals surface area contributed by atoms with Gasteiger partial charge in [-0.3, -0.25) is 4.79 Å². The predicted molar refractivity (Wildman–Crippen MR) is 81.8 cm³/mol. The molecule has 4 nitrogen and oxygen atoms in total. The molecule has 1 aromatic carbocycles. The van der Waals surface area contributed by atoms with Crippen LogP contribution in [0.15, 0.2) is 18.2 Å². The molecule has 1 rings (SSSR count). The third kappa shape index (κ3) is 3.97. The fourth-order valence-electron chi connectivity index (χ4n) is 2.12. The summed E-state index contributed by atoms with van der Waals surface area (Å²) in [5.41, 5.74) is 7.92. The number of ether oxygens (including phenoxy) is 1. The van der Waals surface area contributed by atoms with Gasteiger partial charge in [-0.25, -0.2) is 0 Å². The van der Waals surface area contributed by atoms with Crippen molar-refractivity contribution in [3.05, 3.63) is 29.3 Å². The van der Waals surface area contributed by atoms with Crippen LogP contribution in [0.25, 0.3) is 0 Å². The molecule has 0 saturated carbocycles. The maximum absolute atomic E-state index is 12.2. The molecule has 0 radical (unpaired) electrons. The topological polar surface area (TPSA) is 55.6 Å². The molecule has 0 aliphatic heterocycles. The molecule has 2 atom stereocenters. The van der Waals surface area contributed by atoms with Gasteiger partial charge in [0.1, 0.15) is 5.75 Å². The van der Waals surface area contributed by atoms with Crippen LogP contribution in [0.2, 0.25) is 0 Å². The first-order valence-corrected chi connectivity index (χ1v) is 7.22. The number of nitrogens with zero attached hydrogens (tertiary/aromatic N) is 1. The second kappa shape index (κ2) is 7.29. The van der Waals surface area contributed by atoms with E-state index in [9.17, 15) is 4.79 Å². The van der Waals surface area contributed by atoms with Crippen molar-refractivity contribution in [2.75, 3.05) is 13.1 Å². The molecule has 0 heterocycles. The lowest BCUT2D eigenvalue weighted by Crippen LogP contribution is -2.40. The van der Waals surface area contributed by atoms with Crippen LogP contribution >= 0.6 is 0 Å². The van der Waals surface area contributed by atoms with Crippen LogP contribution in [-0.2, 0) is 4.79 Å². The number of carbonyl (C=O) groups excluding carboxylic acids is 1. The number of benzene rings is 1. The second-order valence-electron chi connectivity index (χ2n) is 5.08. The van der Waals surface area contributed by atoms with Gasteiger partial charge in [0, 0.05) is 19.1 Å². The average molecular weight is 278 g/mol. The molecule has 1 amide bonds. The summed E-state index contributed by atoms with van der Waals surface area (Å²) in [5.74, 6) is 0.757. The molecular formula is C16H26N2O2. The van der Waals surface area contributed by atoms with E-state index in [1.807, 2.05) is 45.9 Å². The first-order chi connectivity index (χ1) is 9.40. The molecule has 4 heteroatoms. The predicted octanol–water partition coefficient (Wildman–Crippen LogP) is 2.65. The van der Waals surface area contributed by atoms with Crippen LogP contribution in [0.1, 0.15) is 44.9 Å². The maximum atomic E-state index is 12.2. The molecule has 0 aliphatic rings. The highest BCUT2D eigenvalue weighted by Crippen LogP contribution is 2.23. The third-order valence-electron chi connectivity index (χ3n) is 3.45. The summed E-state index contributed by atoms with van der Waals surface area (Å²) >= 11 is 0. The number of hydrogen-bond acceptors (Lipinski definition) is 3. The van der Waals surface area contributed by atoms with Gasteiger partial charge in [0.15, 0.2) is 6.10 Å². The Morgan fingerprint density at radius 1 is 1.30 bits per heavy atom. The van der Waals surface area contributed by atoms with Gasteiger partial charge in [0.05, 0.1) is 0 Å². The molecule has 0 bridgehead atoms. The Morgan fingerprint density at radius 2 is 1.90 bits per heavy atom. The summed E-state index contributed by atoms with van der Waals surface area (Å²) in [7, 11) is 0. The minimum Gasteiger partial charge on any atom is -0.481 e. The molecule has 0 spiro atoms.